The summed E-state index contributed by atoms with van der Waals surface area (Å²) in [4.78, 5) is 16.6. The van der Waals surface area contributed by atoms with Crippen molar-refractivity contribution in [2.24, 2.45) is 0 Å². The molecule has 1 saturated heterocycles. The van der Waals surface area contributed by atoms with Crippen molar-refractivity contribution in [3.05, 3.63) is 21.4 Å². The van der Waals surface area contributed by atoms with Crippen LogP contribution in [0.1, 0.15) is 33.0 Å². The Labute approximate surface area is 106 Å². The smallest absolute Gasteiger partial charge is 0.177 e. The van der Waals surface area contributed by atoms with Crippen LogP contribution < -0.4 is 0 Å². The highest BCUT2D eigenvalue weighted by Crippen LogP contribution is 2.23. The average Bonchev–Trinajstić information content (AvgIpc) is 2.84. The molecule has 0 radical (unpaired) electrons. The number of thiophene rings is 1. The van der Waals surface area contributed by atoms with E-state index in [1.165, 1.54) is 4.88 Å². The molecule has 2 heterocycles. The Hall–Kier alpha value is -0.710. The second-order valence-electron chi connectivity index (χ2n) is 4.70. The zero-order valence-electron chi connectivity index (χ0n) is 10.4. The molecule has 17 heavy (non-hydrogen) atoms. The summed E-state index contributed by atoms with van der Waals surface area (Å²) >= 11 is 1.67. The van der Waals surface area contributed by atoms with Gasteiger partial charge >= 0.3 is 0 Å². The molecule has 0 aromatic carbocycles. The molecule has 0 spiro atoms. The summed E-state index contributed by atoms with van der Waals surface area (Å²) in [5.41, 5.74) is 0.857. The van der Waals surface area contributed by atoms with Gasteiger partial charge in [-0.25, -0.2) is 0 Å². The number of carbonyl (C=O) groups excluding carboxylic acids is 1. The van der Waals surface area contributed by atoms with Crippen molar-refractivity contribution in [3.63, 3.8) is 0 Å². The number of carbonyl (C=O) groups is 1. The molecule has 4 heteroatoms. The first-order chi connectivity index (χ1) is 8.11. The molecule has 2 rings (SSSR count). The van der Waals surface area contributed by atoms with Gasteiger partial charge < -0.3 is 5.11 Å². The Kier molecular flexibility index (Phi) is 3.97. The fourth-order valence-corrected chi connectivity index (χ4v) is 3.43. The van der Waals surface area contributed by atoms with E-state index >= 15 is 0 Å². The number of Topliss-reactive ketones (excluding diaryl/α,β-unsaturated/α-hetero) is 1. The van der Waals surface area contributed by atoms with E-state index in [1.54, 1.807) is 11.3 Å². The van der Waals surface area contributed by atoms with Gasteiger partial charge in [-0.15, -0.1) is 11.3 Å². The maximum Gasteiger partial charge on any atom is 0.177 e. The Morgan fingerprint density at radius 1 is 1.59 bits per heavy atom. The van der Waals surface area contributed by atoms with E-state index in [0.717, 1.165) is 29.8 Å². The van der Waals surface area contributed by atoms with Crippen molar-refractivity contribution in [1.82, 2.24) is 4.90 Å². The van der Waals surface area contributed by atoms with Gasteiger partial charge in [0.15, 0.2) is 5.78 Å². The van der Waals surface area contributed by atoms with Gasteiger partial charge in [0, 0.05) is 21.4 Å². The van der Waals surface area contributed by atoms with Gasteiger partial charge in [-0.1, -0.05) is 0 Å². The van der Waals surface area contributed by atoms with E-state index in [4.69, 9.17) is 0 Å². The lowest BCUT2D eigenvalue weighted by molar-refractivity contribution is 0.0887. The lowest BCUT2D eigenvalue weighted by Gasteiger charge is -2.21. The predicted octanol–water partition coefficient (Wildman–Crippen LogP) is 2.00. The highest BCUT2D eigenvalue weighted by molar-refractivity contribution is 7.12. The zero-order valence-corrected chi connectivity index (χ0v) is 11.2. The molecule has 1 aromatic rings. The Morgan fingerprint density at radius 3 is 2.94 bits per heavy atom. The fourth-order valence-electron chi connectivity index (χ4n) is 2.49. The number of ketones is 1. The summed E-state index contributed by atoms with van der Waals surface area (Å²) in [6, 6.07) is 2.16. The monoisotopic (exact) mass is 253 g/mol. The number of hydrogen-bond donors (Lipinski definition) is 1. The molecule has 1 aliphatic heterocycles. The Bertz CT molecular complexity index is 414. The van der Waals surface area contributed by atoms with Gasteiger partial charge in [-0.2, -0.15) is 0 Å². The van der Waals surface area contributed by atoms with E-state index in [9.17, 15) is 9.90 Å². The van der Waals surface area contributed by atoms with Crippen LogP contribution in [0, 0.1) is 13.8 Å². The summed E-state index contributed by atoms with van der Waals surface area (Å²) in [7, 11) is 0. The number of aliphatic hydroxyl groups excluding tert-OH is 1. The molecular formula is C13H19NO2S. The number of aryl methyl sites for hydroxylation is 2. The van der Waals surface area contributed by atoms with Crippen molar-refractivity contribution < 1.29 is 9.90 Å². The van der Waals surface area contributed by atoms with E-state index in [1.807, 2.05) is 19.9 Å². The molecule has 1 fully saturated rings. The topological polar surface area (TPSA) is 40.5 Å². The summed E-state index contributed by atoms with van der Waals surface area (Å²) in [6.45, 7) is 5.57. The molecule has 1 atom stereocenters. The number of aliphatic hydroxyl groups is 1. The van der Waals surface area contributed by atoms with Crippen molar-refractivity contribution in [1.29, 1.82) is 0 Å². The minimum absolute atomic E-state index is 0.162. The van der Waals surface area contributed by atoms with Crippen LogP contribution in [0.3, 0.4) is 0 Å². The molecule has 0 aliphatic carbocycles. The third-order valence-corrected chi connectivity index (χ3v) is 4.36. The van der Waals surface area contributed by atoms with Crippen LogP contribution in [-0.2, 0) is 0 Å². The first-order valence-electron chi connectivity index (χ1n) is 6.07. The molecule has 94 valence electrons. The molecule has 3 nitrogen and oxygen atoms in total. The van der Waals surface area contributed by atoms with Gasteiger partial charge in [-0.3, -0.25) is 9.69 Å². The van der Waals surface area contributed by atoms with E-state index in [0.29, 0.717) is 6.54 Å². The average molecular weight is 253 g/mol. The molecule has 0 saturated carbocycles. The number of likely N-dealkylation sites (tertiary alicyclic amines) is 1. The van der Waals surface area contributed by atoms with Crippen LogP contribution >= 0.6 is 11.3 Å². The minimum atomic E-state index is 0.162. The van der Waals surface area contributed by atoms with Gasteiger partial charge in [0.2, 0.25) is 0 Å². The van der Waals surface area contributed by atoms with E-state index in [-0.39, 0.29) is 18.4 Å². The molecule has 1 unspecified atom stereocenters. The quantitative estimate of drug-likeness (QED) is 0.834. The van der Waals surface area contributed by atoms with Crippen LogP contribution in [0.15, 0.2) is 6.07 Å². The highest BCUT2D eigenvalue weighted by atomic mass is 32.1. The molecule has 1 aromatic heterocycles. The number of nitrogens with zero attached hydrogens (tertiary/aromatic N) is 1. The maximum atomic E-state index is 12.2. The predicted molar refractivity (Wildman–Crippen MR) is 69.8 cm³/mol. The van der Waals surface area contributed by atoms with Gasteiger partial charge in [0.25, 0.3) is 0 Å². The lowest BCUT2D eigenvalue weighted by atomic mass is 10.1. The van der Waals surface area contributed by atoms with Crippen LogP contribution in [0.25, 0.3) is 0 Å². The first kappa shape index (κ1) is 12.7. The number of hydrogen-bond acceptors (Lipinski definition) is 4. The van der Waals surface area contributed by atoms with Crippen molar-refractivity contribution >= 4 is 17.1 Å². The SMILES string of the molecule is Cc1cc(C(=O)CN2CCCC2CO)c(C)s1. The van der Waals surface area contributed by atoms with Crippen LogP contribution in [0.4, 0.5) is 0 Å². The Morgan fingerprint density at radius 2 is 2.35 bits per heavy atom. The molecular weight excluding hydrogens is 234 g/mol. The first-order valence-corrected chi connectivity index (χ1v) is 6.88. The summed E-state index contributed by atoms with van der Waals surface area (Å²) in [5, 5.41) is 9.23. The second-order valence-corrected chi connectivity index (χ2v) is 6.16. The molecule has 0 amide bonds. The van der Waals surface area contributed by atoms with Crippen LogP contribution in [0.5, 0.6) is 0 Å². The van der Waals surface area contributed by atoms with Gasteiger partial charge in [0.1, 0.15) is 0 Å². The van der Waals surface area contributed by atoms with Crippen molar-refractivity contribution in [3.8, 4) is 0 Å². The van der Waals surface area contributed by atoms with Crippen molar-refractivity contribution in [2.45, 2.75) is 32.7 Å². The summed E-state index contributed by atoms with van der Waals surface area (Å²) in [6.07, 6.45) is 2.09. The third kappa shape index (κ3) is 2.76. The summed E-state index contributed by atoms with van der Waals surface area (Å²) < 4.78 is 0. The lowest BCUT2D eigenvalue weighted by Crippen LogP contribution is -2.36. The van der Waals surface area contributed by atoms with E-state index in [2.05, 4.69) is 4.90 Å². The van der Waals surface area contributed by atoms with E-state index < -0.39 is 0 Å². The van der Waals surface area contributed by atoms with Crippen LogP contribution in [0.2, 0.25) is 0 Å². The minimum Gasteiger partial charge on any atom is -0.395 e. The number of rotatable bonds is 4. The van der Waals surface area contributed by atoms with Gasteiger partial charge in [-0.05, 0) is 39.3 Å². The third-order valence-electron chi connectivity index (χ3n) is 3.40. The fraction of sp³-hybridized carbons (Fsp3) is 0.615. The normalized spacial score (nSPS) is 21.0. The highest BCUT2D eigenvalue weighted by Gasteiger charge is 2.26. The van der Waals surface area contributed by atoms with Crippen molar-refractivity contribution in [2.75, 3.05) is 19.7 Å². The largest absolute Gasteiger partial charge is 0.395 e. The molecule has 0 bridgehead atoms. The second kappa shape index (κ2) is 5.29. The Balaban J connectivity index is 2.04. The zero-order chi connectivity index (χ0) is 12.4. The maximum absolute atomic E-state index is 12.2. The molecule has 1 aliphatic rings. The summed E-state index contributed by atoms with van der Waals surface area (Å²) in [5.74, 6) is 0.187. The van der Waals surface area contributed by atoms with Gasteiger partial charge in [0.05, 0.1) is 13.2 Å². The molecule has 1 N–H and O–H groups in total. The van der Waals surface area contributed by atoms with Crippen LogP contribution in [-0.4, -0.2) is 41.5 Å². The standard InChI is InChI=1S/C13H19NO2S/c1-9-6-12(10(2)17-9)13(16)7-14-5-3-4-11(14)8-15/h6,11,15H,3-5,7-8H2,1-2H3.